The molecule has 0 radical (unpaired) electrons. The number of nitrogens with zero attached hydrogens (tertiary/aromatic N) is 1. The average Bonchev–Trinajstić information content (AvgIpc) is 2.56. The third-order valence-electron chi connectivity index (χ3n) is 3.02. The van der Waals surface area contributed by atoms with Gasteiger partial charge in [0.05, 0.1) is 11.3 Å². The van der Waals surface area contributed by atoms with Gasteiger partial charge in [0.1, 0.15) is 0 Å². The molecule has 0 atom stereocenters. The highest BCUT2D eigenvalue weighted by atomic mass is 32.2. The summed E-state index contributed by atoms with van der Waals surface area (Å²) in [7, 11) is 0. The van der Waals surface area contributed by atoms with Crippen molar-refractivity contribution >= 4 is 23.4 Å². The molecule has 0 aliphatic heterocycles. The summed E-state index contributed by atoms with van der Waals surface area (Å²) in [5.74, 6) is -7.05. The van der Waals surface area contributed by atoms with Gasteiger partial charge in [-0.3, -0.25) is 9.78 Å². The van der Waals surface area contributed by atoms with E-state index in [0.717, 1.165) is 24.4 Å². The predicted octanol–water partition coefficient (Wildman–Crippen LogP) is 5.22. The summed E-state index contributed by atoms with van der Waals surface area (Å²) in [4.78, 5) is 15.0. The van der Waals surface area contributed by atoms with Crippen molar-refractivity contribution in [1.29, 1.82) is 0 Å². The van der Waals surface area contributed by atoms with Gasteiger partial charge in [-0.1, -0.05) is 12.1 Å². The fraction of sp³-hybridized carbons (Fsp3) is 0.200. The number of para-hydroxylation sites is 1. The Hall–Kier alpha value is -2.30. The van der Waals surface area contributed by atoms with Crippen LogP contribution in [0.2, 0.25) is 0 Å². The molecule has 2 rings (SSSR count). The van der Waals surface area contributed by atoms with E-state index in [1.165, 1.54) is 24.4 Å². The molecule has 0 aliphatic carbocycles. The van der Waals surface area contributed by atoms with E-state index in [4.69, 9.17) is 0 Å². The van der Waals surface area contributed by atoms with Crippen LogP contribution in [-0.2, 0) is 0 Å². The van der Waals surface area contributed by atoms with Gasteiger partial charge in [0.25, 0.3) is 5.91 Å². The minimum atomic E-state index is -6.43. The summed E-state index contributed by atoms with van der Waals surface area (Å²) < 4.78 is 90.0. The van der Waals surface area contributed by atoms with Crippen LogP contribution in [0.5, 0.6) is 0 Å². The molecule has 0 fully saturated rings. The van der Waals surface area contributed by atoms with Gasteiger partial charge in [0, 0.05) is 17.3 Å². The number of pyridine rings is 1. The fourth-order valence-electron chi connectivity index (χ4n) is 1.72. The Kier molecular flexibility index (Phi) is 5.49. The lowest BCUT2D eigenvalue weighted by Gasteiger charge is -2.28. The molecule has 1 aromatic heterocycles. The van der Waals surface area contributed by atoms with Crippen LogP contribution in [0.4, 0.5) is 36.4 Å². The van der Waals surface area contributed by atoms with E-state index in [0.29, 0.717) is 0 Å². The maximum absolute atomic E-state index is 13.6. The number of anilines is 1. The van der Waals surface area contributed by atoms with Crippen LogP contribution < -0.4 is 5.32 Å². The summed E-state index contributed by atoms with van der Waals surface area (Å²) in [6.45, 7) is 0. The number of halogens is 7. The Morgan fingerprint density at radius 3 is 2.19 bits per heavy atom. The van der Waals surface area contributed by atoms with Gasteiger partial charge in [-0.25, -0.2) is 0 Å². The molecular formula is C15H9F7N2OS. The Balaban J connectivity index is 2.28. The van der Waals surface area contributed by atoms with Gasteiger partial charge in [-0.15, -0.1) is 0 Å². The van der Waals surface area contributed by atoms with E-state index in [9.17, 15) is 35.5 Å². The highest BCUT2D eigenvalue weighted by Crippen LogP contribution is 2.54. The van der Waals surface area contributed by atoms with E-state index < -0.39 is 39.9 Å². The van der Waals surface area contributed by atoms with Gasteiger partial charge >= 0.3 is 17.4 Å². The predicted molar refractivity (Wildman–Crippen MR) is 80.4 cm³/mol. The molecule has 3 nitrogen and oxygen atoms in total. The molecule has 1 amide bonds. The van der Waals surface area contributed by atoms with Gasteiger partial charge in [0.15, 0.2) is 0 Å². The molecule has 0 saturated heterocycles. The van der Waals surface area contributed by atoms with Crippen LogP contribution in [0.15, 0.2) is 53.7 Å². The first-order valence-electron chi connectivity index (χ1n) is 6.77. The first-order chi connectivity index (χ1) is 12.0. The van der Waals surface area contributed by atoms with Crippen LogP contribution >= 0.6 is 11.8 Å². The maximum Gasteiger partial charge on any atom is 0.460 e. The smallest absolute Gasteiger partial charge is 0.321 e. The second-order valence-corrected chi connectivity index (χ2v) is 6.04. The van der Waals surface area contributed by atoms with Crippen LogP contribution in [0, 0.1) is 0 Å². The standard InChI is InChI=1S/C15H9F7N2OS/c16-13(17,14(18,19)20)15(21,22)26-11-6-2-1-5-10(11)24-12(25)9-4-3-7-23-8-9/h1-8H,(H,24,25). The Morgan fingerprint density at radius 1 is 0.962 bits per heavy atom. The Labute approximate surface area is 146 Å². The number of carbonyl (C=O) groups excluding carboxylic acids is 1. The summed E-state index contributed by atoms with van der Waals surface area (Å²) in [6, 6.07) is 7.22. The normalized spacial score (nSPS) is 12.7. The lowest BCUT2D eigenvalue weighted by molar-refractivity contribution is -0.330. The summed E-state index contributed by atoms with van der Waals surface area (Å²) >= 11 is -0.990. The second kappa shape index (κ2) is 7.14. The van der Waals surface area contributed by atoms with Gasteiger partial charge in [-0.2, -0.15) is 30.7 Å². The number of aromatic nitrogens is 1. The molecule has 0 saturated carbocycles. The highest BCUT2D eigenvalue weighted by molar-refractivity contribution is 8.00. The largest absolute Gasteiger partial charge is 0.460 e. The van der Waals surface area contributed by atoms with Crippen molar-refractivity contribution in [3.05, 3.63) is 54.4 Å². The zero-order valence-electron chi connectivity index (χ0n) is 12.5. The number of alkyl halides is 7. The molecule has 0 spiro atoms. The number of hydrogen-bond acceptors (Lipinski definition) is 3. The van der Waals surface area contributed by atoms with Crippen molar-refractivity contribution in [2.75, 3.05) is 5.32 Å². The van der Waals surface area contributed by atoms with Gasteiger partial charge in [-0.05, 0) is 36.0 Å². The fourth-order valence-corrected chi connectivity index (χ4v) is 2.61. The van der Waals surface area contributed by atoms with Crippen LogP contribution in [0.1, 0.15) is 10.4 Å². The first kappa shape index (κ1) is 20.0. The molecule has 140 valence electrons. The molecule has 0 aliphatic rings. The molecule has 0 unspecified atom stereocenters. The van der Waals surface area contributed by atoms with Crippen molar-refractivity contribution in [3.63, 3.8) is 0 Å². The van der Waals surface area contributed by atoms with E-state index in [1.807, 2.05) is 0 Å². The molecule has 1 aromatic carbocycles. The zero-order chi connectivity index (χ0) is 19.6. The third-order valence-corrected chi connectivity index (χ3v) is 4.11. The number of nitrogens with one attached hydrogen (secondary N) is 1. The zero-order valence-corrected chi connectivity index (χ0v) is 13.3. The summed E-state index contributed by atoms with van der Waals surface area (Å²) in [5, 5.41) is -3.31. The van der Waals surface area contributed by atoms with Crippen molar-refractivity contribution in [2.24, 2.45) is 0 Å². The van der Waals surface area contributed by atoms with E-state index in [-0.39, 0.29) is 11.3 Å². The first-order valence-corrected chi connectivity index (χ1v) is 7.59. The van der Waals surface area contributed by atoms with E-state index in [2.05, 4.69) is 10.3 Å². The van der Waals surface area contributed by atoms with Crippen LogP contribution in [0.3, 0.4) is 0 Å². The SMILES string of the molecule is O=C(Nc1ccccc1SC(F)(F)C(F)(F)C(F)(F)F)c1cccnc1. The van der Waals surface area contributed by atoms with E-state index >= 15 is 0 Å². The number of carbonyl (C=O) groups is 1. The maximum atomic E-state index is 13.6. The third kappa shape index (κ3) is 4.09. The Bertz CT molecular complexity index is 781. The van der Waals surface area contributed by atoms with Gasteiger partial charge in [0.2, 0.25) is 0 Å². The van der Waals surface area contributed by atoms with Crippen molar-refractivity contribution in [1.82, 2.24) is 4.98 Å². The molecule has 1 N–H and O–H groups in total. The molecule has 2 aromatic rings. The minimum absolute atomic E-state index is 0.0414. The van der Waals surface area contributed by atoms with Crippen LogP contribution in [0.25, 0.3) is 0 Å². The average molecular weight is 398 g/mol. The summed E-state index contributed by atoms with van der Waals surface area (Å²) in [6.07, 6.45) is -3.89. The second-order valence-electron chi connectivity index (χ2n) is 4.88. The Morgan fingerprint density at radius 2 is 1.62 bits per heavy atom. The highest BCUT2D eigenvalue weighted by Gasteiger charge is 2.73. The van der Waals surface area contributed by atoms with Crippen molar-refractivity contribution in [2.45, 2.75) is 22.2 Å². The molecule has 26 heavy (non-hydrogen) atoms. The van der Waals surface area contributed by atoms with E-state index in [1.54, 1.807) is 0 Å². The monoisotopic (exact) mass is 398 g/mol. The molecule has 0 bridgehead atoms. The lowest BCUT2D eigenvalue weighted by atomic mass is 10.2. The van der Waals surface area contributed by atoms with Crippen molar-refractivity contribution < 1.29 is 35.5 Å². The molecular weight excluding hydrogens is 389 g/mol. The quantitative estimate of drug-likeness (QED) is 0.555. The number of rotatable bonds is 5. The summed E-state index contributed by atoms with van der Waals surface area (Å²) in [5.41, 5.74) is -0.302. The molecule has 11 heteroatoms. The number of amides is 1. The lowest BCUT2D eigenvalue weighted by Crippen LogP contribution is -2.49. The minimum Gasteiger partial charge on any atom is -0.321 e. The van der Waals surface area contributed by atoms with Crippen LogP contribution in [-0.4, -0.2) is 28.2 Å². The molecule has 1 heterocycles. The topological polar surface area (TPSA) is 42.0 Å². The van der Waals surface area contributed by atoms with Gasteiger partial charge < -0.3 is 5.32 Å². The number of thioether (sulfide) groups is 1. The number of benzene rings is 1. The number of hydrogen-bond donors (Lipinski definition) is 1. The van der Waals surface area contributed by atoms with Crippen molar-refractivity contribution in [3.8, 4) is 0 Å².